The number of anilines is 1. The Morgan fingerprint density at radius 1 is 1.21 bits per heavy atom. The molecule has 0 aliphatic carbocycles. The average Bonchev–Trinajstić information content (AvgIpc) is 2.52. The molecule has 1 heterocycles. The van der Waals surface area contributed by atoms with Gasteiger partial charge in [0.1, 0.15) is 17.7 Å². The molecule has 0 radical (unpaired) electrons. The summed E-state index contributed by atoms with van der Waals surface area (Å²) < 4.78 is 5.26. The van der Waals surface area contributed by atoms with Crippen molar-refractivity contribution < 1.29 is 14.3 Å². The van der Waals surface area contributed by atoms with Gasteiger partial charge >= 0.3 is 6.09 Å². The SMILES string of the molecule is CC(C)(C)OC(=O)Nc1ncccc1CCc1cccc(C=O)c1. The Bertz CT molecular complexity index is 721. The summed E-state index contributed by atoms with van der Waals surface area (Å²) in [5, 5.41) is 2.70. The molecule has 5 heteroatoms. The van der Waals surface area contributed by atoms with Gasteiger partial charge in [-0.2, -0.15) is 0 Å². The summed E-state index contributed by atoms with van der Waals surface area (Å²) in [5.74, 6) is 0.498. The first-order chi connectivity index (χ1) is 11.4. The topological polar surface area (TPSA) is 68.3 Å². The van der Waals surface area contributed by atoms with Crippen molar-refractivity contribution >= 4 is 18.2 Å². The molecule has 0 aliphatic rings. The molecule has 2 rings (SSSR count). The van der Waals surface area contributed by atoms with Crippen LogP contribution in [0.1, 0.15) is 42.3 Å². The van der Waals surface area contributed by atoms with Crippen molar-refractivity contribution in [2.24, 2.45) is 0 Å². The minimum Gasteiger partial charge on any atom is -0.444 e. The van der Waals surface area contributed by atoms with Gasteiger partial charge in [-0.1, -0.05) is 24.3 Å². The van der Waals surface area contributed by atoms with Crippen LogP contribution in [0, 0.1) is 0 Å². The van der Waals surface area contributed by atoms with Crippen molar-refractivity contribution in [1.82, 2.24) is 4.98 Å². The first kappa shape index (κ1) is 17.7. The lowest BCUT2D eigenvalue weighted by Crippen LogP contribution is -2.27. The van der Waals surface area contributed by atoms with Crippen LogP contribution in [0.5, 0.6) is 0 Å². The Labute approximate surface area is 142 Å². The van der Waals surface area contributed by atoms with E-state index in [4.69, 9.17) is 4.74 Å². The molecule has 126 valence electrons. The second-order valence-electron chi connectivity index (χ2n) is 6.50. The predicted molar refractivity (Wildman–Crippen MR) is 93.3 cm³/mol. The molecule has 5 nitrogen and oxygen atoms in total. The van der Waals surface area contributed by atoms with Crippen molar-refractivity contribution in [2.45, 2.75) is 39.2 Å². The number of carbonyl (C=O) groups is 2. The van der Waals surface area contributed by atoms with Gasteiger partial charge in [0.25, 0.3) is 0 Å². The highest BCUT2D eigenvalue weighted by Crippen LogP contribution is 2.17. The predicted octanol–water partition coefficient (Wildman–Crippen LogP) is 4.03. The first-order valence-corrected chi connectivity index (χ1v) is 7.85. The zero-order chi connectivity index (χ0) is 17.6. The molecule has 1 amide bonds. The third-order valence-corrected chi connectivity index (χ3v) is 3.28. The fourth-order valence-electron chi connectivity index (χ4n) is 2.25. The van der Waals surface area contributed by atoms with Gasteiger partial charge in [-0.05, 0) is 56.9 Å². The standard InChI is InChI=1S/C19H22N2O3/c1-19(2,3)24-18(23)21-17-16(8-5-11-20-17)10-9-14-6-4-7-15(12-14)13-22/h4-8,11-13H,9-10H2,1-3H3,(H,20,21,23). The summed E-state index contributed by atoms with van der Waals surface area (Å²) in [4.78, 5) is 27.0. The number of ether oxygens (including phenoxy) is 1. The number of nitrogens with one attached hydrogen (secondary N) is 1. The van der Waals surface area contributed by atoms with Gasteiger partial charge in [-0.3, -0.25) is 10.1 Å². The summed E-state index contributed by atoms with van der Waals surface area (Å²) in [6, 6.07) is 11.2. The number of carbonyl (C=O) groups excluding carboxylic acids is 2. The first-order valence-electron chi connectivity index (χ1n) is 7.85. The van der Waals surface area contributed by atoms with E-state index in [1.807, 2.05) is 51.1 Å². The molecular weight excluding hydrogens is 304 g/mol. The lowest BCUT2D eigenvalue weighted by Gasteiger charge is -2.20. The molecule has 0 aliphatic heterocycles. The van der Waals surface area contributed by atoms with Crippen LogP contribution in [-0.4, -0.2) is 23.0 Å². The van der Waals surface area contributed by atoms with Crippen molar-refractivity contribution in [3.63, 3.8) is 0 Å². The summed E-state index contributed by atoms with van der Waals surface area (Å²) >= 11 is 0. The summed E-state index contributed by atoms with van der Waals surface area (Å²) in [6.45, 7) is 5.43. The molecule has 0 fully saturated rings. The molecule has 0 saturated carbocycles. The highest BCUT2D eigenvalue weighted by Gasteiger charge is 2.17. The van der Waals surface area contributed by atoms with Crippen molar-refractivity contribution in [3.8, 4) is 0 Å². The molecule has 0 unspecified atom stereocenters. The van der Waals surface area contributed by atoms with Crippen LogP contribution in [0.15, 0.2) is 42.6 Å². The number of pyridine rings is 1. The van der Waals surface area contributed by atoms with Gasteiger partial charge in [0, 0.05) is 11.8 Å². The van der Waals surface area contributed by atoms with E-state index in [9.17, 15) is 9.59 Å². The number of aldehydes is 1. The molecule has 2 aromatic rings. The maximum atomic E-state index is 11.9. The van der Waals surface area contributed by atoms with E-state index in [1.54, 1.807) is 12.3 Å². The zero-order valence-corrected chi connectivity index (χ0v) is 14.2. The quantitative estimate of drug-likeness (QED) is 0.842. The van der Waals surface area contributed by atoms with Crippen molar-refractivity contribution in [2.75, 3.05) is 5.32 Å². The summed E-state index contributed by atoms with van der Waals surface area (Å²) in [7, 11) is 0. The minimum absolute atomic E-state index is 0.498. The Balaban J connectivity index is 2.05. The normalized spacial score (nSPS) is 11.0. The Morgan fingerprint density at radius 2 is 2.00 bits per heavy atom. The maximum Gasteiger partial charge on any atom is 0.413 e. The van der Waals surface area contributed by atoms with Gasteiger partial charge in [-0.15, -0.1) is 0 Å². The number of nitrogens with zero attached hydrogens (tertiary/aromatic N) is 1. The van der Waals surface area contributed by atoms with Gasteiger partial charge in [0.15, 0.2) is 0 Å². The average molecular weight is 326 g/mol. The third-order valence-electron chi connectivity index (χ3n) is 3.28. The molecule has 1 aromatic heterocycles. The summed E-state index contributed by atoms with van der Waals surface area (Å²) in [6.07, 6.45) is 3.38. The van der Waals surface area contributed by atoms with Gasteiger partial charge in [0.05, 0.1) is 0 Å². The van der Waals surface area contributed by atoms with E-state index in [2.05, 4.69) is 10.3 Å². The smallest absolute Gasteiger partial charge is 0.413 e. The van der Waals surface area contributed by atoms with Crippen LogP contribution < -0.4 is 5.32 Å². The van der Waals surface area contributed by atoms with Crippen LogP contribution in [0.3, 0.4) is 0 Å². The van der Waals surface area contributed by atoms with E-state index in [0.717, 1.165) is 23.8 Å². The fraction of sp³-hybridized carbons (Fsp3) is 0.316. The maximum absolute atomic E-state index is 11.9. The van der Waals surface area contributed by atoms with Gasteiger partial charge in [0.2, 0.25) is 0 Å². The largest absolute Gasteiger partial charge is 0.444 e. The number of rotatable bonds is 5. The highest BCUT2D eigenvalue weighted by molar-refractivity contribution is 5.84. The van der Waals surface area contributed by atoms with Crippen molar-refractivity contribution in [1.29, 1.82) is 0 Å². The van der Waals surface area contributed by atoms with E-state index in [0.29, 0.717) is 17.8 Å². The van der Waals surface area contributed by atoms with Crippen LogP contribution in [0.2, 0.25) is 0 Å². The van der Waals surface area contributed by atoms with Crippen LogP contribution in [0.4, 0.5) is 10.6 Å². The second-order valence-corrected chi connectivity index (χ2v) is 6.50. The molecule has 1 aromatic carbocycles. The number of aromatic nitrogens is 1. The highest BCUT2D eigenvalue weighted by atomic mass is 16.6. The fourth-order valence-corrected chi connectivity index (χ4v) is 2.25. The number of hydrogen-bond donors (Lipinski definition) is 1. The molecule has 0 spiro atoms. The zero-order valence-electron chi connectivity index (χ0n) is 14.2. The Morgan fingerprint density at radius 3 is 2.71 bits per heavy atom. The third kappa shape index (κ3) is 5.50. The number of amides is 1. The van der Waals surface area contributed by atoms with Gasteiger partial charge in [-0.25, -0.2) is 9.78 Å². The minimum atomic E-state index is -0.561. The lowest BCUT2D eigenvalue weighted by molar-refractivity contribution is 0.0635. The molecule has 0 bridgehead atoms. The van der Waals surface area contributed by atoms with Crippen LogP contribution in [0.25, 0.3) is 0 Å². The number of hydrogen-bond acceptors (Lipinski definition) is 4. The second kappa shape index (κ2) is 7.73. The molecule has 1 N–H and O–H groups in total. The molecule has 0 atom stereocenters. The van der Waals surface area contributed by atoms with Crippen molar-refractivity contribution in [3.05, 3.63) is 59.3 Å². The lowest BCUT2D eigenvalue weighted by atomic mass is 10.0. The number of benzene rings is 1. The monoisotopic (exact) mass is 326 g/mol. The van der Waals surface area contributed by atoms with E-state index in [1.165, 1.54) is 0 Å². The van der Waals surface area contributed by atoms with E-state index >= 15 is 0 Å². The molecular formula is C19H22N2O3. The Kier molecular flexibility index (Phi) is 5.68. The Hall–Kier alpha value is -2.69. The number of aryl methyl sites for hydroxylation is 2. The molecule has 24 heavy (non-hydrogen) atoms. The van der Waals surface area contributed by atoms with E-state index < -0.39 is 11.7 Å². The summed E-state index contributed by atoms with van der Waals surface area (Å²) in [5.41, 5.74) is 2.08. The van der Waals surface area contributed by atoms with Crippen LogP contribution in [-0.2, 0) is 17.6 Å². The van der Waals surface area contributed by atoms with Gasteiger partial charge < -0.3 is 4.74 Å². The van der Waals surface area contributed by atoms with E-state index in [-0.39, 0.29) is 0 Å². The van der Waals surface area contributed by atoms with Crippen LogP contribution >= 0.6 is 0 Å². The molecule has 0 saturated heterocycles.